The lowest BCUT2D eigenvalue weighted by Gasteiger charge is -2.48. The SMILES string of the molecule is COC(=O)CC1CCN(C(=O)c2ccc(CCC34CCN(CC3)CC4)cc2)CC1.Cl. The van der Waals surface area contributed by atoms with Crippen LogP contribution in [0, 0.1) is 11.3 Å². The highest BCUT2D eigenvalue weighted by molar-refractivity contribution is 5.94. The predicted molar refractivity (Wildman–Crippen MR) is 120 cm³/mol. The molecule has 0 aromatic heterocycles. The third-order valence-electron chi connectivity index (χ3n) is 7.60. The van der Waals surface area contributed by atoms with Gasteiger partial charge in [-0.25, -0.2) is 0 Å². The van der Waals surface area contributed by atoms with E-state index in [9.17, 15) is 9.59 Å². The molecular formula is C24H35ClN2O3. The summed E-state index contributed by atoms with van der Waals surface area (Å²) in [7, 11) is 1.43. The zero-order valence-electron chi connectivity index (χ0n) is 18.1. The van der Waals surface area contributed by atoms with Crippen LogP contribution in [-0.2, 0) is 16.0 Å². The highest BCUT2D eigenvalue weighted by atomic mass is 35.5. The van der Waals surface area contributed by atoms with Crippen LogP contribution in [0.1, 0.15) is 60.9 Å². The Bertz CT molecular complexity index is 707. The lowest BCUT2D eigenvalue weighted by atomic mass is 9.69. The Kier molecular flexibility index (Phi) is 7.81. The van der Waals surface area contributed by atoms with Gasteiger partial charge < -0.3 is 14.5 Å². The Hall–Kier alpha value is -1.59. The highest BCUT2D eigenvalue weighted by Crippen LogP contribution is 2.43. The summed E-state index contributed by atoms with van der Waals surface area (Å²) >= 11 is 0. The second-order valence-electron chi connectivity index (χ2n) is 9.30. The lowest BCUT2D eigenvalue weighted by Crippen LogP contribution is -2.48. The topological polar surface area (TPSA) is 49.9 Å². The van der Waals surface area contributed by atoms with E-state index in [0.717, 1.165) is 37.9 Å². The number of fused-ring (bicyclic) bond motifs is 3. The molecule has 0 spiro atoms. The third kappa shape index (κ3) is 5.36. The average Bonchev–Trinajstić information content (AvgIpc) is 2.79. The van der Waals surface area contributed by atoms with E-state index in [1.165, 1.54) is 58.0 Å². The quantitative estimate of drug-likeness (QED) is 0.636. The van der Waals surface area contributed by atoms with E-state index >= 15 is 0 Å². The second-order valence-corrected chi connectivity index (χ2v) is 9.30. The van der Waals surface area contributed by atoms with Gasteiger partial charge in [0.2, 0.25) is 0 Å². The number of hydrogen-bond donors (Lipinski definition) is 0. The largest absolute Gasteiger partial charge is 0.469 e. The summed E-state index contributed by atoms with van der Waals surface area (Å²) in [6, 6.07) is 8.29. The number of halogens is 1. The number of hydrogen-bond acceptors (Lipinski definition) is 4. The number of likely N-dealkylation sites (tertiary alicyclic amines) is 1. The van der Waals surface area contributed by atoms with Crippen LogP contribution in [0.3, 0.4) is 0 Å². The Labute approximate surface area is 186 Å². The van der Waals surface area contributed by atoms with Crippen LogP contribution >= 0.6 is 12.4 Å². The maximum absolute atomic E-state index is 12.8. The van der Waals surface area contributed by atoms with Gasteiger partial charge in [0.1, 0.15) is 0 Å². The van der Waals surface area contributed by atoms with Crippen LogP contribution in [0.25, 0.3) is 0 Å². The van der Waals surface area contributed by atoms with Crippen LogP contribution < -0.4 is 0 Å². The zero-order chi connectivity index (χ0) is 20.3. The fourth-order valence-electron chi connectivity index (χ4n) is 5.34. The Morgan fingerprint density at radius 3 is 2.17 bits per heavy atom. The molecule has 5 nitrogen and oxygen atoms in total. The smallest absolute Gasteiger partial charge is 0.305 e. The predicted octanol–water partition coefficient (Wildman–Crippen LogP) is 3.94. The van der Waals surface area contributed by atoms with Crippen LogP contribution in [0.15, 0.2) is 24.3 Å². The minimum Gasteiger partial charge on any atom is -0.469 e. The molecule has 30 heavy (non-hydrogen) atoms. The number of esters is 1. The highest BCUT2D eigenvalue weighted by Gasteiger charge is 2.38. The van der Waals surface area contributed by atoms with Crippen molar-refractivity contribution in [1.82, 2.24) is 9.80 Å². The van der Waals surface area contributed by atoms with Crippen molar-refractivity contribution in [1.29, 1.82) is 0 Å². The molecule has 4 saturated heterocycles. The van der Waals surface area contributed by atoms with Gasteiger partial charge >= 0.3 is 5.97 Å². The fraction of sp³-hybridized carbons (Fsp3) is 0.667. The van der Waals surface area contributed by atoms with Crippen LogP contribution in [0.5, 0.6) is 0 Å². The van der Waals surface area contributed by atoms with Crippen molar-refractivity contribution in [3.63, 3.8) is 0 Å². The molecule has 0 aliphatic carbocycles. The summed E-state index contributed by atoms with van der Waals surface area (Å²) in [5.41, 5.74) is 2.70. The van der Waals surface area contributed by atoms with Gasteiger partial charge in [-0.1, -0.05) is 12.1 Å². The molecule has 0 radical (unpaired) electrons. The van der Waals surface area contributed by atoms with E-state index in [2.05, 4.69) is 17.0 Å². The molecule has 0 N–H and O–H groups in total. The Balaban J connectivity index is 0.00000256. The maximum atomic E-state index is 12.8. The van der Waals surface area contributed by atoms with Crippen molar-refractivity contribution in [3.8, 4) is 0 Å². The second kappa shape index (κ2) is 10.1. The van der Waals surface area contributed by atoms with Crippen molar-refractivity contribution in [3.05, 3.63) is 35.4 Å². The Morgan fingerprint density at radius 2 is 1.60 bits per heavy atom. The number of amides is 1. The van der Waals surface area contributed by atoms with Crippen molar-refractivity contribution in [2.24, 2.45) is 11.3 Å². The molecule has 1 aromatic rings. The average molecular weight is 435 g/mol. The molecule has 166 valence electrons. The summed E-state index contributed by atoms with van der Waals surface area (Å²) in [5, 5.41) is 0. The third-order valence-corrected chi connectivity index (χ3v) is 7.60. The minimum atomic E-state index is -0.149. The summed E-state index contributed by atoms with van der Waals surface area (Å²) in [4.78, 5) is 28.8. The first-order valence-corrected chi connectivity index (χ1v) is 11.2. The number of benzene rings is 1. The summed E-state index contributed by atoms with van der Waals surface area (Å²) in [6.07, 6.45) is 8.68. The summed E-state index contributed by atoms with van der Waals surface area (Å²) < 4.78 is 4.76. The molecule has 4 fully saturated rings. The van der Waals surface area contributed by atoms with Crippen LogP contribution in [0.4, 0.5) is 0 Å². The van der Waals surface area contributed by atoms with E-state index in [1.54, 1.807) is 0 Å². The first-order chi connectivity index (χ1) is 14.1. The molecule has 0 saturated carbocycles. The monoisotopic (exact) mass is 434 g/mol. The van der Waals surface area contributed by atoms with Crippen LogP contribution in [-0.4, -0.2) is 61.5 Å². The minimum absolute atomic E-state index is 0. The molecular weight excluding hydrogens is 400 g/mol. The number of piperidine rings is 4. The first kappa shape index (κ1) is 23.1. The summed E-state index contributed by atoms with van der Waals surface area (Å²) in [5.74, 6) is 0.301. The van der Waals surface area contributed by atoms with E-state index < -0.39 is 0 Å². The van der Waals surface area contributed by atoms with Crippen LogP contribution in [0.2, 0.25) is 0 Å². The van der Waals surface area contributed by atoms with Crippen molar-refractivity contribution >= 4 is 24.3 Å². The zero-order valence-corrected chi connectivity index (χ0v) is 18.9. The normalized spacial score (nSPS) is 26.2. The van der Waals surface area contributed by atoms with Gasteiger partial charge in [-0.2, -0.15) is 0 Å². The molecule has 2 bridgehead atoms. The van der Waals surface area contributed by atoms with Crippen molar-refractivity contribution in [2.45, 2.75) is 51.4 Å². The van der Waals surface area contributed by atoms with Gasteiger partial charge in [-0.15, -0.1) is 12.4 Å². The molecule has 0 atom stereocenters. The molecule has 1 aromatic carbocycles. The fourth-order valence-corrected chi connectivity index (χ4v) is 5.34. The first-order valence-electron chi connectivity index (χ1n) is 11.2. The van der Waals surface area contributed by atoms with Crippen molar-refractivity contribution < 1.29 is 14.3 Å². The number of methoxy groups -OCH3 is 1. The van der Waals surface area contributed by atoms with E-state index in [0.29, 0.717) is 17.8 Å². The van der Waals surface area contributed by atoms with Gasteiger partial charge in [0.15, 0.2) is 0 Å². The standard InChI is InChI=1S/C24H34N2O3.ClH/c1-29-22(27)18-20-7-13-26(14-8-20)23(28)21-4-2-19(3-5-21)6-9-24-10-15-25(16-11-24)17-12-24;/h2-5,20H,6-18H2,1H3;1H. The van der Waals surface area contributed by atoms with Gasteiger partial charge in [-0.3, -0.25) is 9.59 Å². The van der Waals surface area contributed by atoms with E-state index in [1.807, 2.05) is 17.0 Å². The Morgan fingerprint density at radius 1 is 1.00 bits per heavy atom. The number of carbonyl (C=O) groups excluding carboxylic acids is 2. The van der Waals surface area contributed by atoms with Crippen molar-refractivity contribution in [2.75, 3.05) is 39.8 Å². The van der Waals surface area contributed by atoms with Gasteiger partial charge in [0.25, 0.3) is 5.91 Å². The van der Waals surface area contributed by atoms with Gasteiger partial charge in [0, 0.05) is 25.1 Å². The lowest BCUT2D eigenvalue weighted by molar-refractivity contribution is -0.142. The number of nitrogens with zero attached hydrogens (tertiary/aromatic N) is 2. The van der Waals surface area contributed by atoms with Gasteiger partial charge in [-0.05, 0) is 93.6 Å². The molecule has 4 aliphatic rings. The molecule has 6 heteroatoms. The maximum Gasteiger partial charge on any atom is 0.305 e. The van der Waals surface area contributed by atoms with E-state index in [-0.39, 0.29) is 24.3 Å². The molecule has 4 heterocycles. The molecule has 4 aliphatic heterocycles. The molecule has 5 rings (SSSR count). The number of rotatable bonds is 6. The van der Waals surface area contributed by atoms with Gasteiger partial charge in [0.05, 0.1) is 7.11 Å². The molecule has 1 amide bonds. The molecule has 0 unspecified atom stereocenters. The number of aryl methyl sites for hydroxylation is 1. The van der Waals surface area contributed by atoms with E-state index in [4.69, 9.17) is 4.74 Å². The number of ether oxygens (including phenoxy) is 1. The number of carbonyl (C=O) groups is 2. The summed E-state index contributed by atoms with van der Waals surface area (Å²) in [6.45, 7) is 5.29.